The predicted octanol–water partition coefficient (Wildman–Crippen LogP) is 2.96. The Hall–Kier alpha value is -3.48. The highest BCUT2D eigenvalue weighted by Gasteiger charge is 2.19. The highest BCUT2D eigenvalue weighted by molar-refractivity contribution is 5.97. The van der Waals surface area contributed by atoms with E-state index < -0.39 is 0 Å². The topological polar surface area (TPSA) is 81.1 Å². The molecule has 0 spiro atoms. The van der Waals surface area contributed by atoms with E-state index in [2.05, 4.69) is 0 Å². The van der Waals surface area contributed by atoms with E-state index >= 15 is 0 Å². The summed E-state index contributed by atoms with van der Waals surface area (Å²) in [6, 6.07) is 25.7. The standard InChI is InChI=1S/C26H28N2O4/c29-17-15-27(19-21-7-3-1-4-8-21)25(31)23-11-13-24(14-12-23)26(32)28(16-18-30)20-22-9-5-2-6-10-22/h1-14,29-30H,15-20H2. The van der Waals surface area contributed by atoms with Crippen LogP contribution in [0.4, 0.5) is 0 Å². The molecule has 0 aliphatic rings. The predicted molar refractivity (Wildman–Crippen MR) is 123 cm³/mol. The zero-order valence-corrected chi connectivity index (χ0v) is 17.9. The molecule has 0 aliphatic heterocycles. The van der Waals surface area contributed by atoms with E-state index in [1.165, 1.54) is 0 Å². The maximum atomic E-state index is 13.0. The van der Waals surface area contributed by atoms with Crippen molar-refractivity contribution in [1.29, 1.82) is 0 Å². The van der Waals surface area contributed by atoms with Crippen LogP contribution in [0.15, 0.2) is 84.9 Å². The molecule has 0 heterocycles. The molecule has 0 saturated heterocycles. The quantitative estimate of drug-likeness (QED) is 0.516. The molecule has 6 heteroatoms. The average Bonchev–Trinajstić information content (AvgIpc) is 2.84. The first-order chi connectivity index (χ1) is 15.6. The molecule has 3 aromatic carbocycles. The number of nitrogens with zero attached hydrogens (tertiary/aromatic N) is 2. The highest BCUT2D eigenvalue weighted by atomic mass is 16.3. The van der Waals surface area contributed by atoms with E-state index in [4.69, 9.17) is 0 Å². The van der Waals surface area contributed by atoms with Gasteiger partial charge in [0.05, 0.1) is 13.2 Å². The second-order valence-electron chi connectivity index (χ2n) is 7.45. The van der Waals surface area contributed by atoms with Gasteiger partial charge in [-0.25, -0.2) is 0 Å². The Labute approximate surface area is 188 Å². The van der Waals surface area contributed by atoms with Crippen LogP contribution in [0, 0.1) is 0 Å². The van der Waals surface area contributed by atoms with Gasteiger partial charge in [-0.2, -0.15) is 0 Å². The Morgan fingerprint density at radius 3 is 1.22 bits per heavy atom. The molecule has 2 amide bonds. The molecular weight excluding hydrogens is 404 g/mol. The van der Waals surface area contributed by atoms with Crippen molar-refractivity contribution >= 4 is 11.8 Å². The lowest BCUT2D eigenvalue weighted by Gasteiger charge is -2.23. The summed E-state index contributed by atoms with van der Waals surface area (Å²) in [6.45, 7) is 0.950. The van der Waals surface area contributed by atoms with Gasteiger partial charge in [0.1, 0.15) is 0 Å². The molecule has 0 bridgehead atoms. The molecule has 0 aromatic heterocycles. The molecule has 166 valence electrons. The molecule has 0 aliphatic carbocycles. The van der Waals surface area contributed by atoms with E-state index in [0.717, 1.165) is 11.1 Å². The maximum absolute atomic E-state index is 13.0. The first kappa shape index (κ1) is 23.2. The Bertz CT molecular complexity index is 909. The number of benzene rings is 3. The summed E-state index contributed by atoms with van der Waals surface area (Å²) in [4.78, 5) is 29.1. The van der Waals surface area contributed by atoms with E-state index in [0.29, 0.717) is 24.2 Å². The first-order valence-electron chi connectivity index (χ1n) is 10.6. The lowest BCUT2D eigenvalue weighted by Crippen LogP contribution is -2.34. The van der Waals surface area contributed by atoms with E-state index in [-0.39, 0.29) is 38.1 Å². The number of hydrogen-bond acceptors (Lipinski definition) is 4. The minimum atomic E-state index is -0.210. The number of aliphatic hydroxyl groups excluding tert-OH is 2. The second-order valence-corrected chi connectivity index (χ2v) is 7.45. The fraction of sp³-hybridized carbons (Fsp3) is 0.231. The SMILES string of the molecule is O=C(c1ccc(C(=O)N(CCO)Cc2ccccc2)cc1)N(CCO)Cc1ccccc1. The third kappa shape index (κ3) is 6.26. The number of carbonyl (C=O) groups is 2. The van der Waals surface area contributed by atoms with Crippen molar-refractivity contribution in [2.75, 3.05) is 26.3 Å². The largest absolute Gasteiger partial charge is 0.395 e. The van der Waals surface area contributed by atoms with Crippen LogP contribution in [0.1, 0.15) is 31.8 Å². The van der Waals surface area contributed by atoms with Gasteiger partial charge in [0.2, 0.25) is 0 Å². The summed E-state index contributed by atoms with van der Waals surface area (Å²) in [6.07, 6.45) is 0. The summed E-state index contributed by atoms with van der Waals surface area (Å²) in [5.41, 5.74) is 2.84. The normalized spacial score (nSPS) is 10.6. The molecule has 0 atom stereocenters. The molecule has 0 saturated carbocycles. The summed E-state index contributed by atoms with van der Waals surface area (Å²) in [7, 11) is 0. The van der Waals surface area contributed by atoms with Gasteiger partial charge in [-0.15, -0.1) is 0 Å². The molecular formula is C26H28N2O4. The van der Waals surface area contributed by atoms with Gasteiger partial charge in [-0.3, -0.25) is 9.59 Å². The van der Waals surface area contributed by atoms with Crippen LogP contribution >= 0.6 is 0 Å². The average molecular weight is 433 g/mol. The molecule has 3 aromatic rings. The fourth-order valence-corrected chi connectivity index (χ4v) is 3.47. The van der Waals surface area contributed by atoms with Gasteiger partial charge in [-0.1, -0.05) is 60.7 Å². The van der Waals surface area contributed by atoms with Crippen LogP contribution in [0.5, 0.6) is 0 Å². The number of rotatable bonds is 10. The monoisotopic (exact) mass is 432 g/mol. The Kier molecular flexibility index (Phi) is 8.54. The molecule has 3 rings (SSSR count). The van der Waals surface area contributed by atoms with Crippen LogP contribution in [-0.2, 0) is 13.1 Å². The van der Waals surface area contributed by atoms with Gasteiger partial charge >= 0.3 is 0 Å². The number of aliphatic hydroxyl groups is 2. The maximum Gasteiger partial charge on any atom is 0.254 e. The van der Waals surface area contributed by atoms with Crippen molar-refractivity contribution in [3.05, 3.63) is 107 Å². The Morgan fingerprint density at radius 2 is 0.906 bits per heavy atom. The van der Waals surface area contributed by atoms with Crippen LogP contribution in [0.3, 0.4) is 0 Å². The lowest BCUT2D eigenvalue weighted by atomic mass is 10.1. The zero-order valence-electron chi connectivity index (χ0n) is 17.9. The third-order valence-electron chi connectivity index (χ3n) is 5.13. The minimum Gasteiger partial charge on any atom is -0.395 e. The molecule has 6 nitrogen and oxygen atoms in total. The van der Waals surface area contributed by atoms with Crippen LogP contribution in [0.25, 0.3) is 0 Å². The van der Waals surface area contributed by atoms with Crippen LogP contribution in [0.2, 0.25) is 0 Å². The smallest absolute Gasteiger partial charge is 0.254 e. The summed E-state index contributed by atoms with van der Waals surface area (Å²) in [5, 5.41) is 18.8. The highest BCUT2D eigenvalue weighted by Crippen LogP contribution is 2.14. The minimum absolute atomic E-state index is 0.134. The Balaban J connectivity index is 1.72. The molecule has 32 heavy (non-hydrogen) atoms. The van der Waals surface area contributed by atoms with Crippen molar-refractivity contribution in [1.82, 2.24) is 9.80 Å². The fourth-order valence-electron chi connectivity index (χ4n) is 3.47. The summed E-state index contributed by atoms with van der Waals surface area (Å²) in [5.74, 6) is -0.420. The summed E-state index contributed by atoms with van der Waals surface area (Å²) < 4.78 is 0. The van der Waals surface area contributed by atoms with Gasteiger partial charge in [0, 0.05) is 37.3 Å². The van der Waals surface area contributed by atoms with Gasteiger partial charge in [0.15, 0.2) is 0 Å². The molecule has 0 unspecified atom stereocenters. The van der Waals surface area contributed by atoms with Gasteiger partial charge in [0.25, 0.3) is 11.8 Å². The van der Waals surface area contributed by atoms with Crippen molar-refractivity contribution in [3.8, 4) is 0 Å². The van der Waals surface area contributed by atoms with Crippen molar-refractivity contribution in [2.45, 2.75) is 13.1 Å². The van der Waals surface area contributed by atoms with E-state index in [9.17, 15) is 19.8 Å². The number of amides is 2. The van der Waals surface area contributed by atoms with Gasteiger partial charge < -0.3 is 20.0 Å². The lowest BCUT2D eigenvalue weighted by molar-refractivity contribution is 0.0697. The van der Waals surface area contributed by atoms with Crippen molar-refractivity contribution < 1.29 is 19.8 Å². The molecule has 0 fully saturated rings. The van der Waals surface area contributed by atoms with E-state index in [1.807, 2.05) is 60.7 Å². The molecule has 2 N–H and O–H groups in total. The summed E-state index contributed by atoms with van der Waals surface area (Å²) >= 11 is 0. The number of hydrogen-bond donors (Lipinski definition) is 2. The number of carbonyl (C=O) groups excluding carboxylic acids is 2. The third-order valence-corrected chi connectivity index (χ3v) is 5.13. The van der Waals surface area contributed by atoms with Crippen molar-refractivity contribution in [2.24, 2.45) is 0 Å². The Morgan fingerprint density at radius 1 is 0.562 bits per heavy atom. The molecule has 0 radical (unpaired) electrons. The first-order valence-corrected chi connectivity index (χ1v) is 10.6. The van der Waals surface area contributed by atoms with Crippen LogP contribution < -0.4 is 0 Å². The zero-order chi connectivity index (χ0) is 22.8. The van der Waals surface area contributed by atoms with Crippen molar-refractivity contribution in [3.63, 3.8) is 0 Å². The second kappa shape index (κ2) is 11.8. The van der Waals surface area contributed by atoms with Gasteiger partial charge in [-0.05, 0) is 35.4 Å². The van der Waals surface area contributed by atoms with Crippen LogP contribution in [-0.4, -0.2) is 58.1 Å². The van der Waals surface area contributed by atoms with E-state index in [1.54, 1.807) is 34.1 Å².